The number of nitrogens with one attached hydrogen (secondary N) is 4. The molecule has 1 saturated carbocycles. The highest BCUT2D eigenvalue weighted by Crippen LogP contribution is 2.33. The lowest BCUT2D eigenvalue weighted by Crippen LogP contribution is -2.55. The molecule has 0 radical (unpaired) electrons. The molecule has 1 aliphatic carbocycles. The number of carbonyl (C=O) groups excluding carboxylic acids is 5. The molecule has 3 rings (SSSR count). The van der Waals surface area contributed by atoms with Crippen molar-refractivity contribution in [2.24, 2.45) is 11.8 Å². The predicted octanol–water partition coefficient (Wildman–Crippen LogP) is 1.74. The van der Waals surface area contributed by atoms with Crippen LogP contribution in [0.2, 0.25) is 0 Å². The molecule has 0 aromatic heterocycles. The van der Waals surface area contributed by atoms with Gasteiger partial charge in [0.2, 0.25) is 17.7 Å². The molecule has 0 bridgehead atoms. The maximum Gasteiger partial charge on any atom is 0.408 e. The number of ether oxygens (including phenoxy) is 1. The summed E-state index contributed by atoms with van der Waals surface area (Å²) < 4.78 is 5.26. The first-order valence-electron chi connectivity index (χ1n) is 12.7. The molecule has 1 heterocycles. The summed E-state index contributed by atoms with van der Waals surface area (Å²) in [5.74, 6) is -1.19. The zero-order chi connectivity index (χ0) is 26.8. The number of rotatable bonds is 13. The van der Waals surface area contributed by atoms with E-state index in [1.807, 2.05) is 30.3 Å². The van der Waals surface area contributed by atoms with Crippen molar-refractivity contribution in [1.82, 2.24) is 21.3 Å². The third kappa shape index (κ3) is 8.73. The predicted molar refractivity (Wildman–Crippen MR) is 136 cm³/mol. The molecule has 2 aliphatic rings. The summed E-state index contributed by atoms with van der Waals surface area (Å²) in [5.41, 5.74) is 1.39. The maximum absolute atomic E-state index is 13.2. The van der Waals surface area contributed by atoms with Gasteiger partial charge < -0.3 is 30.8 Å². The lowest BCUT2D eigenvalue weighted by Gasteiger charge is -2.25. The van der Waals surface area contributed by atoms with Gasteiger partial charge in [0, 0.05) is 12.5 Å². The molecule has 0 spiro atoms. The zero-order valence-electron chi connectivity index (χ0n) is 21.3. The van der Waals surface area contributed by atoms with Gasteiger partial charge in [-0.05, 0) is 50.2 Å². The van der Waals surface area contributed by atoms with Gasteiger partial charge in [-0.2, -0.15) is 0 Å². The van der Waals surface area contributed by atoms with Crippen LogP contribution >= 0.6 is 0 Å². The Hall–Kier alpha value is -3.69. The fourth-order valence-electron chi connectivity index (χ4n) is 4.22. The SMILES string of the molecule is C/C=C(/C)[C@H](NC(=O)OCc1ccccc1)C(=O)N[C@@H](CC1CC1)C(=O)N[C@H](C=O)C[C@@H]1CCNC1=O. The molecule has 10 heteroatoms. The summed E-state index contributed by atoms with van der Waals surface area (Å²) in [7, 11) is 0. The monoisotopic (exact) mass is 512 g/mol. The number of carbonyl (C=O) groups is 5. The standard InChI is InChI=1S/C27H36N4O6/c1-3-17(2)23(31-27(36)37-16-19-7-5-4-6-8-19)26(35)30-22(13-18-9-10-18)25(34)29-21(15-32)14-20-11-12-28-24(20)33/h3-8,15,18,20-23H,9-14,16H2,1-2H3,(H,28,33)(H,29,34)(H,30,35)(H,31,36)/b17-3-/t20-,21-,22-,23-/m0/s1. The number of hydrogen-bond acceptors (Lipinski definition) is 6. The van der Waals surface area contributed by atoms with Crippen LogP contribution in [-0.2, 0) is 30.5 Å². The summed E-state index contributed by atoms with van der Waals surface area (Å²) in [6.45, 7) is 4.05. The Balaban J connectivity index is 1.61. The van der Waals surface area contributed by atoms with Crippen molar-refractivity contribution in [2.45, 2.75) is 70.7 Å². The summed E-state index contributed by atoms with van der Waals surface area (Å²) in [6.07, 6.45) is 4.72. The van der Waals surface area contributed by atoms with Crippen LogP contribution in [0.15, 0.2) is 42.0 Å². The average molecular weight is 513 g/mol. The average Bonchev–Trinajstić information content (AvgIpc) is 3.64. The minimum atomic E-state index is -1.04. The van der Waals surface area contributed by atoms with Gasteiger partial charge in [0.25, 0.3) is 0 Å². The van der Waals surface area contributed by atoms with E-state index in [1.165, 1.54) is 0 Å². The number of benzene rings is 1. The third-order valence-electron chi connectivity index (χ3n) is 6.74. The largest absolute Gasteiger partial charge is 0.445 e. The molecule has 37 heavy (non-hydrogen) atoms. The Morgan fingerprint density at radius 2 is 1.78 bits per heavy atom. The van der Waals surface area contributed by atoms with Crippen LogP contribution in [0.5, 0.6) is 0 Å². The lowest BCUT2D eigenvalue weighted by atomic mass is 9.98. The Kier molecular flexibility index (Phi) is 10.2. The van der Waals surface area contributed by atoms with Crippen LogP contribution in [0.1, 0.15) is 51.5 Å². The van der Waals surface area contributed by atoms with E-state index in [0.717, 1.165) is 18.4 Å². The Bertz CT molecular complexity index is 1010. The lowest BCUT2D eigenvalue weighted by molar-refractivity contribution is -0.131. The first-order chi connectivity index (χ1) is 17.8. The van der Waals surface area contributed by atoms with Crippen LogP contribution in [0.4, 0.5) is 4.79 Å². The molecule has 1 aromatic carbocycles. The number of allylic oxidation sites excluding steroid dienone is 1. The topological polar surface area (TPSA) is 143 Å². The van der Waals surface area contributed by atoms with Gasteiger partial charge >= 0.3 is 6.09 Å². The first kappa shape index (κ1) is 27.9. The highest BCUT2D eigenvalue weighted by molar-refractivity contribution is 5.93. The van der Waals surface area contributed by atoms with E-state index in [2.05, 4.69) is 21.3 Å². The minimum Gasteiger partial charge on any atom is -0.445 e. The van der Waals surface area contributed by atoms with E-state index >= 15 is 0 Å². The van der Waals surface area contributed by atoms with Crippen molar-refractivity contribution < 1.29 is 28.7 Å². The van der Waals surface area contributed by atoms with Gasteiger partial charge in [-0.15, -0.1) is 0 Å². The molecular weight excluding hydrogens is 476 g/mol. The summed E-state index contributed by atoms with van der Waals surface area (Å²) in [6, 6.07) is 6.42. The molecular formula is C27H36N4O6. The van der Waals surface area contributed by atoms with Gasteiger partial charge in [0.15, 0.2) is 0 Å². The zero-order valence-corrected chi connectivity index (χ0v) is 21.3. The minimum absolute atomic E-state index is 0.0503. The third-order valence-corrected chi connectivity index (χ3v) is 6.74. The molecule has 10 nitrogen and oxygen atoms in total. The van der Waals surface area contributed by atoms with E-state index in [1.54, 1.807) is 19.9 Å². The fourth-order valence-corrected chi connectivity index (χ4v) is 4.22. The van der Waals surface area contributed by atoms with Crippen molar-refractivity contribution in [2.75, 3.05) is 6.54 Å². The van der Waals surface area contributed by atoms with Crippen LogP contribution in [0, 0.1) is 11.8 Å². The Morgan fingerprint density at radius 3 is 2.38 bits per heavy atom. The number of amides is 4. The molecule has 1 aliphatic heterocycles. The molecule has 1 saturated heterocycles. The van der Waals surface area contributed by atoms with Gasteiger partial charge in [-0.25, -0.2) is 4.79 Å². The van der Waals surface area contributed by atoms with Crippen molar-refractivity contribution in [3.8, 4) is 0 Å². The molecule has 2 fully saturated rings. The van der Waals surface area contributed by atoms with E-state index in [9.17, 15) is 24.0 Å². The van der Waals surface area contributed by atoms with Crippen LogP contribution in [-0.4, -0.2) is 54.8 Å². The van der Waals surface area contributed by atoms with Gasteiger partial charge in [-0.3, -0.25) is 14.4 Å². The van der Waals surface area contributed by atoms with Crippen molar-refractivity contribution in [3.63, 3.8) is 0 Å². The summed E-state index contributed by atoms with van der Waals surface area (Å²) in [5, 5.41) is 10.7. The van der Waals surface area contributed by atoms with E-state index in [0.29, 0.717) is 37.2 Å². The molecule has 4 N–H and O–H groups in total. The second-order valence-electron chi connectivity index (χ2n) is 9.68. The van der Waals surface area contributed by atoms with Crippen molar-refractivity contribution >= 4 is 30.1 Å². The van der Waals surface area contributed by atoms with Crippen molar-refractivity contribution in [3.05, 3.63) is 47.5 Å². The fraction of sp³-hybridized carbons (Fsp3) is 0.519. The van der Waals surface area contributed by atoms with Crippen LogP contribution < -0.4 is 21.3 Å². The van der Waals surface area contributed by atoms with Crippen LogP contribution in [0.25, 0.3) is 0 Å². The second-order valence-corrected chi connectivity index (χ2v) is 9.68. The van der Waals surface area contributed by atoms with Crippen molar-refractivity contribution in [1.29, 1.82) is 0 Å². The van der Waals surface area contributed by atoms with Gasteiger partial charge in [0.05, 0.1) is 6.04 Å². The number of aldehydes is 1. The highest BCUT2D eigenvalue weighted by atomic mass is 16.5. The summed E-state index contributed by atoms with van der Waals surface area (Å²) in [4.78, 5) is 62.3. The van der Waals surface area contributed by atoms with Gasteiger partial charge in [0.1, 0.15) is 25.0 Å². The molecule has 4 amide bonds. The molecule has 200 valence electrons. The Morgan fingerprint density at radius 1 is 1.05 bits per heavy atom. The number of alkyl carbamates (subject to hydrolysis) is 1. The maximum atomic E-state index is 13.2. The highest BCUT2D eigenvalue weighted by Gasteiger charge is 2.35. The first-order valence-corrected chi connectivity index (χ1v) is 12.7. The van der Waals surface area contributed by atoms with E-state index in [4.69, 9.17) is 4.74 Å². The Labute approximate surface area is 217 Å². The molecule has 0 unspecified atom stereocenters. The summed E-state index contributed by atoms with van der Waals surface area (Å²) >= 11 is 0. The van der Waals surface area contributed by atoms with E-state index in [-0.39, 0.29) is 24.9 Å². The quantitative estimate of drug-likeness (QED) is 0.234. The van der Waals surface area contributed by atoms with Gasteiger partial charge in [-0.1, -0.05) is 49.2 Å². The normalized spacial score (nSPS) is 19.7. The molecule has 4 atom stereocenters. The second kappa shape index (κ2) is 13.6. The van der Waals surface area contributed by atoms with Crippen LogP contribution in [0.3, 0.4) is 0 Å². The number of hydrogen-bond donors (Lipinski definition) is 4. The smallest absolute Gasteiger partial charge is 0.408 e. The van der Waals surface area contributed by atoms with E-state index < -0.39 is 36.0 Å². The molecule has 1 aromatic rings.